The summed E-state index contributed by atoms with van der Waals surface area (Å²) in [5.74, 6) is -1.14. The van der Waals surface area contributed by atoms with Crippen molar-refractivity contribution in [2.24, 2.45) is 0 Å². The Labute approximate surface area is 57.5 Å². The van der Waals surface area contributed by atoms with Crippen LogP contribution in [0, 0.1) is 0 Å². The molecule has 0 amide bonds. The van der Waals surface area contributed by atoms with E-state index in [0.717, 1.165) is 0 Å². The third-order valence-electron chi connectivity index (χ3n) is 1.73. The van der Waals surface area contributed by atoms with E-state index in [-0.39, 0.29) is 12.8 Å². The zero-order valence-corrected chi connectivity index (χ0v) is 5.33. The molecule has 0 aliphatic heterocycles. The Morgan fingerprint density at radius 2 is 1.70 bits per heavy atom. The van der Waals surface area contributed by atoms with Crippen molar-refractivity contribution in [2.75, 3.05) is 6.61 Å². The normalized spacial score (nSPS) is 23.8. The summed E-state index contributed by atoms with van der Waals surface area (Å²) in [6, 6.07) is 0. The summed E-state index contributed by atoms with van der Waals surface area (Å²) >= 11 is 0. The maximum Gasteiger partial charge on any atom is 0.204 e. The number of hydrogen-bond acceptors (Lipinski definition) is 4. The van der Waals surface area contributed by atoms with Crippen LogP contribution in [-0.4, -0.2) is 34.0 Å². The minimum atomic E-state index is -2.07. The standard InChI is InChI=1S/C6H8O4/c7-3-6(10)4(8)1-2-5(6)9/h7,10H,1-3H2. The molecule has 0 heterocycles. The van der Waals surface area contributed by atoms with E-state index in [1.54, 1.807) is 0 Å². The molecule has 0 spiro atoms. The molecule has 0 aromatic rings. The van der Waals surface area contributed by atoms with E-state index in [1.165, 1.54) is 0 Å². The Kier molecular flexibility index (Phi) is 1.58. The summed E-state index contributed by atoms with van der Waals surface area (Å²) < 4.78 is 0. The number of carbonyl (C=O) groups excluding carboxylic acids is 2. The van der Waals surface area contributed by atoms with Crippen LogP contribution in [0.5, 0.6) is 0 Å². The minimum absolute atomic E-state index is 0.0515. The molecule has 2 N–H and O–H groups in total. The van der Waals surface area contributed by atoms with Crippen molar-refractivity contribution >= 4 is 11.6 Å². The van der Waals surface area contributed by atoms with Gasteiger partial charge in [-0.1, -0.05) is 0 Å². The van der Waals surface area contributed by atoms with Gasteiger partial charge in [0.05, 0.1) is 6.61 Å². The molecular weight excluding hydrogens is 136 g/mol. The Balaban J connectivity index is 2.90. The largest absolute Gasteiger partial charge is 0.392 e. The van der Waals surface area contributed by atoms with Crippen LogP contribution in [0.2, 0.25) is 0 Å². The third-order valence-corrected chi connectivity index (χ3v) is 1.73. The fourth-order valence-electron chi connectivity index (χ4n) is 0.972. The second-order valence-corrected chi connectivity index (χ2v) is 2.36. The summed E-state index contributed by atoms with van der Waals surface area (Å²) in [6.07, 6.45) is 0.103. The van der Waals surface area contributed by atoms with E-state index in [2.05, 4.69) is 0 Å². The molecule has 0 radical (unpaired) electrons. The van der Waals surface area contributed by atoms with Crippen molar-refractivity contribution in [3.8, 4) is 0 Å². The lowest BCUT2D eigenvalue weighted by atomic mass is 10.0. The zero-order chi connectivity index (χ0) is 7.78. The van der Waals surface area contributed by atoms with Crippen molar-refractivity contribution in [3.05, 3.63) is 0 Å². The summed E-state index contributed by atoms with van der Waals surface area (Å²) in [7, 11) is 0. The number of Topliss-reactive ketones (excluding diaryl/α,β-unsaturated/α-hetero) is 2. The van der Waals surface area contributed by atoms with Gasteiger partial charge in [-0.05, 0) is 0 Å². The smallest absolute Gasteiger partial charge is 0.204 e. The van der Waals surface area contributed by atoms with Crippen LogP contribution in [0.3, 0.4) is 0 Å². The molecule has 10 heavy (non-hydrogen) atoms. The Hall–Kier alpha value is -0.740. The highest BCUT2D eigenvalue weighted by Crippen LogP contribution is 2.21. The van der Waals surface area contributed by atoms with Crippen molar-refractivity contribution in [2.45, 2.75) is 18.4 Å². The average molecular weight is 144 g/mol. The van der Waals surface area contributed by atoms with E-state index in [0.29, 0.717) is 0 Å². The molecule has 1 aliphatic rings. The third kappa shape index (κ3) is 0.767. The Bertz CT molecular complexity index is 168. The first-order valence-corrected chi connectivity index (χ1v) is 3.01. The van der Waals surface area contributed by atoms with Crippen LogP contribution in [0.25, 0.3) is 0 Å². The van der Waals surface area contributed by atoms with Gasteiger partial charge in [0.15, 0.2) is 11.6 Å². The second-order valence-electron chi connectivity index (χ2n) is 2.36. The first-order valence-electron chi connectivity index (χ1n) is 3.01. The molecule has 0 aromatic carbocycles. The Morgan fingerprint density at radius 1 is 1.30 bits per heavy atom. The van der Waals surface area contributed by atoms with E-state index in [1.807, 2.05) is 0 Å². The predicted molar refractivity (Wildman–Crippen MR) is 31.3 cm³/mol. The molecule has 1 saturated carbocycles. The van der Waals surface area contributed by atoms with Gasteiger partial charge in [-0.15, -0.1) is 0 Å². The fraction of sp³-hybridized carbons (Fsp3) is 0.667. The zero-order valence-electron chi connectivity index (χ0n) is 5.33. The predicted octanol–water partition coefficient (Wildman–Crippen LogP) is -1.36. The van der Waals surface area contributed by atoms with Gasteiger partial charge >= 0.3 is 0 Å². The van der Waals surface area contributed by atoms with Gasteiger partial charge in [-0.2, -0.15) is 0 Å². The van der Waals surface area contributed by atoms with E-state index in [9.17, 15) is 9.59 Å². The van der Waals surface area contributed by atoms with Crippen LogP contribution in [0.4, 0.5) is 0 Å². The first-order chi connectivity index (χ1) is 4.61. The maximum absolute atomic E-state index is 10.7. The van der Waals surface area contributed by atoms with Crippen LogP contribution >= 0.6 is 0 Å². The monoisotopic (exact) mass is 144 g/mol. The summed E-state index contributed by atoms with van der Waals surface area (Å²) in [4.78, 5) is 21.4. The van der Waals surface area contributed by atoms with Gasteiger partial charge in [0, 0.05) is 12.8 Å². The molecular formula is C6H8O4. The Morgan fingerprint density at radius 3 is 1.90 bits per heavy atom. The van der Waals surface area contributed by atoms with Crippen LogP contribution in [-0.2, 0) is 9.59 Å². The second kappa shape index (κ2) is 2.14. The van der Waals surface area contributed by atoms with E-state index >= 15 is 0 Å². The molecule has 1 fully saturated rings. The topological polar surface area (TPSA) is 74.6 Å². The molecule has 0 saturated heterocycles. The highest BCUT2D eigenvalue weighted by molar-refractivity contribution is 6.15. The lowest BCUT2D eigenvalue weighted by Gasteiger charge is -2.13. The summed E-state index contributed by atoms with van der Waals surface area (Å²) in [5, 5.41) is 17.6. The molecule has 4 nitrogen and oxygen atoms in total. The van der Waals surface area contributed by atoms with Crippen LogP contribution in [0.1, 0.15) is 12.8 Å². The SMILES string of the molecule is O=C1CCC(=O)C1(O)CO. The molecule has 0 unspecified atom stereocenters. The highest BCUT2D eigenvalue weighted by Gasteiger charge is 2.47. The number of hydrogen-bond donors (Lipinski definition) is 2. The lowest BCUT2D eigenvalue weighted by Crippen LogP contribution is -2.44. The van der Waals surface area contributed by atoms with E-state index < -0.39 is 23.8 Å². The van der Waals surface area contributed by atoms with Crippen molar-refractivity contribution < 1.29 is 19.8 Å². The molecule has 0 atom stereocenters. The average Bonchev–Trinajstić information content (AvgIpc) is 2.18. The molecule has 56 valence electrons. The number of rotatable bonds is 1. The number of aliphatic hydroxyl groups excluding tert-OH is 1. The quantitative estimate of drug-likeness (QED) is 0.446. The molecule has 4 heteroatoms. The number of carbonyl (C=O) groups is 2. The van der Waals surface area contributed by atoms with Gasteiger partial charge < -0.3 is 10.2 Å². The van der Waals surface area contributed by atoms with Gasteiger partial charge in [-0.25, -0.2) is 0 Å². The molecule has 0 aromatic heterocycles. The van der Waals surface area contributed by atoms with Crippen molar-refractivity contribution in [3.63, 3.8) is 0 Å². The van der Waals surface area contributed by atoms with Crippen LogP contribution in [0.15, 0.2) is 0 Å². The highest BCUT2D eigenvalue weighted by atomic mass is 16.4. The number of aliphatic hydroxyl groups is 2. The molecule has 0 bridgehead atoms. The maximum atomic E-state index is 10.7. The van der Waals surface area contributed by atoms with Gasteiger partial charge in [-0.3, -0.25) is 9.59 Å². The lowest BCUT2D eigenvalue weighted by molar-refractivity contribution is -0.148. The van der Waals surface area contributed by atoms with Crippen LogP contribution < -0.4 is 0 Å². The van der Waals surface area contributed by atoms with Gasteiger partial charge in [0.25, 0.3) is 0 Å². The molecule has 1 rings (SSSR count). The fourth-order valence-corrected chi connectivity index (χ4v) is 0.972. The van der Waals surface area contributed by atoms with Gasteiger partial charge in [0.1, 0.15) is 0 Å². The van der Waals surface area contributed by atoms with E-state index in [4.69, 9.17) is 10.2 Å². The number of ketones is 2. The minimum Gasteiger partial charge on any atom is -0.392 e. The summed E-state index contributed by atoms with van der Waals surface area (Å²) in [6.45, 7) is -0.787. The van der Waals surface area contributed by atoms with Crippen molar-refractivity contribution in [1.82, 2.24) is 0 Å². The van der Waals surface area contributed by atoms with Gasteiger partial charge in [0.2, 0.25) is 5.60 Å². The first kappa shape index (κ1) is 7.37. The summed E-state index contributed by atoms with van der Waals surface area (Å²) in [5.41, 5.74) is -2.07. The molecule has 1 aliphatic carbocycles. The van der Waals surface area contributed by atoms with Crippen molar-refractivity contribution in [1.29, 1.82) is 0 Å².